The number of hydrogen-bond acceptors (Lipinski definition) is 3. The first kappa shape index (κ1) is 13.6. The number of rotatable bonds is 4. The number of carboxylic acid groups (broad SMARTS) is 1. The molecule has 6 heteroatoms. The van der Waals surface area contributed by atoms with Crippen LogP contribution in [-0.2, 0) is 16.1 Å². The van der Waals surface area contributed by atoms with Crippen LogP contribution in [0.2, 0.25) is 0 Å². The molecule has 6 nitrogen and oxygen atoms in total. The Morgan fingerprint density at radius 1 is 1.42 bits per heavy atom. The quantitative estimate of drug-likeness (QED) is 0.858. The van der Waals surface area contributed by atoms with Crippen molar-refractivity contribution in [1.82, 2.24) is 15.1 Å². The molecule has 0 radical (unpaired) electrons. The number of nitrogens with zero attached hydrogens (tertiary/aromatic N) is 2. The van der Waals surface area contributed by atoms with E-state index in [2.05, 4.69) is 10.2 Å². The lowest BCUT2D eigenvalue weighted by atomic mass is 9.78. The fraction of sp³-hybridized carbons (Fsp3) is 0.615. The molecule has 0 saturated heterocycles. The van der Waals surface area contributed by atoms with Crippen molar-refractivity contribution in [2.45, 2.75) is 32.2 Å². The molecule has 1 aliphatic carbocycles. The van der Waals surface area contributed by atoms with Gasteiger partial charge in [-0.15, -0.1) is 0 Å². The van der Waals surface area contributed by atoms with Gasteiger partial charge in [-0.1, -0.05) is 12.8 Å². The fourth-order valence-electron chi connectivity index (χ4n) is 2.72. The number of carbonyl (C=O) groups is 2. The van der Waals surface area contributed by atoms with Gasteiger partial charge in [0.25, 0.3) is 0 Å². The van der Waals surface area contributed by atoms with Crippen LogP contribution in [0.25, 0.3) is 0 Å². The molecule has 0 spiro atoms. The van der Waals surface area contributed by atoms with Crippen molar-refractivity contribution >= 4 is 11.9 Å². The highest BCUT2D eigenvalue weighted by Crippen LogP contribution is 2.31. The van der Waals surface area contributed by atoms with Crippen molar-refractivity contribution in [2.75, 3.05) is 7.05 Å². The van der Waals surface area contributed by atoms with Crippen molar-refractivity contribution < 1.29 is 14.7 Å². The molecule has 1 aliphatic rings. The summed E-state index contributed by atoms with van der Waals surface area (Å²) in [6.45, 7) is 0.457. The van der Waals surface area contributed by atoms with Gasteiger partial charge in [-0.05, 0) is 12.8 Å². The van der Waals surface area contributed by atoms with E-state index in [4.69, 9.17) is 0 Å². The van der Waals surface area contributed by atoms with E-state index in [-0.39, 0.29) is 11.8 Å². The van der Waals surface area contributed by atoms with Gasteiger partial charge in [0.2, 0.25) is 5.91 Å². The maximum absolute atomic E-state index is 12.4. The molecule has 2 atom stereocenters. The van der Waals surface area contributed by atoms with Crippen LogP contribution in [0.15, 0.2) is 12.4 Å². The highest BCUT2D eigenvalue weighted by atomic mass is 16.4. The molecule has 0 bridgehead atoms. The topological polar surface area (TPSA) is 86.3 Å². The van der Waals surface area contributed by atoms with Crippen molar-refractivity contribution in [3.63, 3.8) is 0 Å². The zero-order chi connectivity index (χ0) is 13.8. The van der Waals surface area contributed by atoms with E-state index in [1.165, 1.54) is 0 Å². The lowest BCUT2D eigenvalue weighted by molar-refractivity contribution is -0.152. The van der Waals surface area contributed by atoms with E-state index >= 15 is 0 Å². The van der Waals surface area contributed by atoms with Gasteiger partial charge >= 0.3 is 5.97 Å². The smallest absolute Gasteiger partial charge is 0.307 e. The molecule has 1 heterocycles. The Bertz CT molecular complexity index is 444. The standard InChI is InChI=1S/C13H19N3O3/c1-16(8-9-6-14-15-7-9)12(17)10-4-2-3-5-11(10)13(18)19/h6-7,10-11H,2-5,8H2,1H3,(H,14,15)(H,18,19). The van der Waals surface area contributed by atoms with Gasteiger partial charge < -0.3 is 10.0 Å². The minimum Gasteiger partial charge on any atom is -0.481 e. The number of hydrogen-bond donors (Lipinski definition) is 2. The van der Waals surface area contributed by atoms with Gasteiger partial charge in [-0.2, -0.15) is 5.10 Å². The zero-order valence-electron chi connectivity index (χ0n) is 11.0. The number of H-pyrrole nitrogens is 1. The lowest BCUT2D eigenvalue weighted by Gasteiger charge is -2.30. The zero-order valence-corrected chi connectivity index (χ0v) is 11.0. The summed E-state index contributed by atoms with van der Waals surface area (Å²) >= 11 is 0. The molecule has 0 aromatic carbocycles. The normalized spacial score (nSPS) is 23.0. The van der Waals surface area contributed by atoms with Crippen LogP contribution < -0.4 is 0 Å². The molecular weight excluding hydrogens is 246 g/mol. The molecule has 1 fully saturated rings. The maximum Gasteiger partial charge on any atom is 0.307 e. The molecule has 2 rings (SSSR count). The average molecular weight is 265 g/mol. The van der Waals surface area contributed by atoms with Crippen molar-refractivity contribution in [3.05, 3.63) is 18.0 Å². The summed E-state index contributed by atoms with van der Waals surface area (Å²) < 4.78 is 0. The average Bonchev–Trinajstić information content (AvgIpc) is 2.90. The number of aromatic nitrogens is 2. The van der Waals surface area contributed by atoms with Crippen molar-refractivity contribution in [3.8, 4) is 0 Å². The summed E-state index contributed by atoms with van der Waals surface area (Å²) in [6, 6.07) is 0. The molecular formula is C13H19N3O3. The Balaban J connectivity index is 2.02. The number of carboxylic acids is 1. The first-order chi connectivity index (χ1) is 9.09. The van der Waals surface area contributed by atoms with Gasteiger partial charge in [0.05, 0.1) is 18.0 Å². The minimum atomic E-state index is -0.852. The predicted molar refractivity (Wildman–Crippen MR) is 68.1 cm³/mol. The predicted octanol–water partition coefficient (Wildman–Crippen LogP) is 1.26. The second-order valence-electron chi connectivity index (χ2n) is 5.14. The van der Waals surface area contributed by atoms with E-state index < -0.39 is 11.9 Å². The van der Waals surface area contributed by atoms with E-state index in [1.54, 1.807) is 24.3 Å². The summed E-state index contributed by atoms with van der Waals surface area (Å²) in [5.41, 5.74) is 0.915. The van der Waals surface area contributed by atoms with Crippen LogP contribution in [-0.4, -0.2) is 39.1 Å². The van der Waals surface area contributed by atoms with Crippen LogP contribution in [0.3, 0.4) is 0 Å². The Morgan fingerprint density at radius 3 is 2.68 bits per heavy atom. The van der Waals surface area contributed by atoms with Crippen LogP contribution in [0, 0.1) is 11.8 Å². The van der Waals surface area contributed by atoms with Crippen LogP contribution in [0.5, 0.6) is 0 Å². The molecule has 104 valence electrons. The number of carbonyl (C=O) groups excluding carboxylic acids is 1. The molecule has 2 unspecified atom stereocenters. The molecule has 2 N–H and O–H groups in total. The third-order valence-electron chi connectivity index (χ3n) is 3.75. The van der Waals surface area contributed by atoms with E-state index in [9.17, 15) is 14.7 Å². The molecule has 0 aliphatic heterocycles. The van der Waals surface area contributed by atoms with Gasteiger partial charge in [0.1, 0.15) is 0 Å². The van der Waals surface area contributed by atoms with Gasteiger partial charge in [0, 0.05) is 25.4 Å². The molecule has 1 saturated carbocycles. The lowest BCUT2D eigenvalue weighted by Crippen LogP contribution is -2.40. The molecule has 1 aromatic heterocycles. The maximum atomic E-state index is 12.4. The summed E-state index contributed by atoms with van der Waals surface area (Å²) in [5, 5.41) is 15.7. The summed E-state index contributed by atoms with van der Waals surface area (Å²) in [4.78, 5) is 25.2. The van der Waals surface area contributed by atoms with E-state index in [0.29, 0.717) is 19.4 Å². The van der Waals surface area contributed by atoms with Crippen LogP contribution in [0.1, 0.15) is 31.2 Å². The minimum absolute atomic E-state index is 0.0756. The largest absolute Gasteiger partial charge is 0.481 e. The van der Waals surface area contributed by atoms with Gasteiger partial charge in [-0.25, -0.2) is 0 Å². The molecule has 1 aromatic rings. The summed E-state index contributed by atoms with van der Waals surface area (Å²) in [7, 11) is 1.71. The Labute approximate surface area is 111 Å². The van der Waals surface area contributed by atoms with Crippen LogP contribution >= 0.6 is 0 Å². The Morgan fingerprint density at radius 2 is 2.11 bits per heavy atom. The van der Waals surface area contributed by atoms with Gasteiger partial charge in [0.15, 0.2) is 0 Å². The Hall–Kier alpha value is -1.85. The number of aliphatic carboxylic acids is 1. The van der Waals surface area contributed by atoms with Crippen molar-refractivity contribution in [2.24, 2.45) is 11.8 Å². The SMILES string of the molecule is CN(Cc1cn[nH]c1)C(=O)C1CCCCC1C(=O)O. The van der Waals surface area contributed by atoms with Gasteiger partial charge in [-0.3, -0.25) is 14.7 Å². The number of nitrogens with one attached hydrogen (secondary N) is 1. The first-order valence-electron chi connectivity index (χ1n) is 6.55. The Kier molecular flexibility index (Phi) is 4.19. The monoisotopic (exact) mass is 265 g/mol. The van der Waals surface area contributed by atoms with E-state index in [0.717, 1.165) is 18.4 Å². The highest BCUT2D eigenvalue weighted by Gasteiger charge is 2.37. The third-order valence-corrected chi connectivity index (χ3v) is 3.75. The second-order valence-corrected chi connectivity index (χ2v) is 5.14. The second kappa shape index (κ2) is 5.86. The van der Waals surface area contributed by atoms with Crippen LogP contribution in [0.4, 0.5) is 0 Å². The first-order valence-corrected chi connectivity index (χ1v) is 6.55. The molecule has 1 amide bonds. The summed E-state index contributed by atoms with van der Waals surface area (Å²) in [5.74, 6) is -1.85. The van der Waals surface area contributed by atoms with Crippen molar-refractivity contribution in [1.29, 1.82) is 0 Å². The highest BCUT2D eigenvalue weighted by molar-refractivity contribution is 5.84. The summed E-state index contributed by atoms with van der Waals surface area (Å²) in [6.07, 6.45) is 6.50. The fourth-order valence-corrected chi connectivity index (χ4v) is 2.72. The van der Waals surface area contributed by atoms with E-state index in [1.807, 2.05) is 0 Å². The third kappa shape index (κ3) is 3.13. The molecule has 19 heavy (non-hydrogen) atoms. The number of aromatic amines is 1. The number of amides is 1.